The van der Waals surface area contributed by atoms with Gasteiger partial charge in [-0.15, -0.1) is 0 Å². The number of halogens is 6. The summed E-state index contributed by atoms with van der Waals surface area (Å²) in [5.74, 6) is 0. The predicted octanol–water partition coefficient (Wildman–Crippen LogP) is 0.795. The van der Waals surface area contributed by atoms with Gasteiger partial charge in [0, 0.05) is 49.4 Å². The van der Waals surface area contributed by atoms with Gasteiger partial charge in [-0.2, -0.15) is 0 Å². The summed E-state index contributed by atoms with van der Waals surface area (Å²) in [7, 11) is 0. The van der Waals surface area contributed by atoms with Gasteiger partial charge in [-0.05, 0) is 0 Å². The maximum absolute atomic E-state index is 6.47. The van der Waals surface area contributed by atoms with E-state index < -0.39 is 0 Å². The second-order valence-electron chi connectivity index (χ2n) is 0. The third-order valence-electron chi connectivity index (χ3n) is 0. The minimum Gasteiger partial charge on any atom is -0.295 e. The molecule has 0 spiro atoms. The molecule has 0 heterocycles. The van der Waals surface area contributed by atoms with Crippen molar-refractivity contribution in [3.05, 3.63) is 0 Å². The van der Waals surface area contributed by atoms with Gasteiger partial charge in [-0.25, -0.2) is 0 Å². The Kier molecular flexibility index (Phi) is 1070. The Bertz CT molecular complexity index is 17.1. The van der Waals surface area contributed by atoms with Gasteiger partial charge >= 0.3 is 0 Å². The molecule has 0 aromatic heterocycles. The molecular formula is H6Cl6EuO6. The number of hydrogen-bond acceptors (Lipinski definition) is 6. The van der Waals surface area contributed by atoms with Crippen LogP contribution in [0, 0.1) is 49.4 Å². The molecule has 0 unspecified atom stereocenters. The first-order valence-electron chi connectivity index (χ1n) is 1.01. The maximum atomic E-state index is 6.47. The molecule has 0 amide bonds. The molecule has 0 saturated carbocycles. The normalized spacial score (nSPS) is 2.77. The summed E-state index contributed by atoms with van der Waals surface area (Å²) in [6, 6.07) is 0. The molecule has 13 heavy (non-hydrogen) atoms. The van der Waals surface area contributed by atoms with Crippen molar-refractivity contribution in [3.8, 4) is 0 Å². The fourth-order valence-corrected chi connectivity index (χ4v) is 0. The Balaban J connectivity index is -0.00000000655. The summed E-state index contributed by atoms with van der Waals surface area (Å²) in [4.78, 5) is 0. The molecule has 0 atom stereocenters. The molecule has 0 bridgehead atoms. The quantitative estimate of drug-likeness (QED) is 0.314. The van der Waals surface area contributed by atoms with Crippen molar-refractivity contribution in [1.29, 1.82) is 0 Å². The molecule has 0 aromatic carbocycles. The van der Waals surface area contributed by atoms with E-state index >= 15 is 0 Å². The Morgan fingerprint density at radius 1 is 0.308 bits per heavy atom. The predicted molar refractivity (Wildman–Crippen MR) is 48.4 cm³/mol. The van der Waals surface area contributed by atoms with E-state index in [-0.39, 0.29) is 49.4 Å². The third-order valence-corrected chi connectivity index (χ3v) is 0. The first-order chi connectivity index (χ1) is 6.00. The molecule has 0 saturated heterocycles. The molecular weight excluding hydrogens is 461 g/mol. The average molecular weight is 467 g/mol. The molecule has 6 nitrogen and oxygen atoms in total. The van der Waals surface area contributed by atoms with Gasteiger partial charge in [-0.3, -0.25) is 28.0 Å². The first kappa shape index (κ1) is 44.3. The minimum absolute atomic E-state index is 0. The van der Waals surface area contributed by atoms with Crippen LogP contribution in [0.1, 0.15) is 0 Å². The zero-order chi connectivity index (χ0) is 12.0. The van der Waals surface area contributed by atoms with Crippen molar-refractivity contribution in [2.24, 2.45) is 0 Å². The Hall–Kier alpha value is 3.08. The van der Waals surface area contributed by atoms with Crippen LogP contribution in [0.5, 0.6) is 0 Å². The Morgan fingerprint density at radius 2 is 0.308 bits per heavy atom. The average Bonchev–Trinajstić information content (AvgIpc) is 2.33. The van der Waals surface area contributed by atoms with Gasteiger partial charge in [0.05, 0.1) is 71.2 Å². The van der Waals surface area contributed by atoms with E-state index in [2.05, 4.69) is 71.2 Å². The van der Waals surface area contributed by atoms with Gasteiger partial charge in [0.25, 0.3) is 0 Å². The Morgan fingerprint density at radius 3 is 0.308 bits per heavy atom. The van der Waals surface area contributed by atoms with Crippen molar-refractivity contribution in [2.45, 2.75) is 0 Å². The van der Waals surface area contributed by atoms with E-state index in [1.165, 1.54) is 0 Å². The molecule has 13 heteroatoms. The van der Waals surface area contributed by atoms with Crippen LogP contribution in [0.3, 0.4) is 0 Å². The van der Waals surface area contributed by atoms with E-state index in [9.17, 15) is 0 Å². The van der Waals surface area contributed by atoms with Crippen molar-refractivity contribution < 1.29 is 77.3 Å². The topological polar surface area (TPSA) is 121 Å². The van der Waals surface area contributed by atoms with E-state index in [1.54, 1.807) is 0 Å². The van der Waals surface area contributed by atoms with E-state index in [0.29, 0.717) is 0 Å². The zero-order valence-corrected chi connectivity index (χ0v) is 12.3. The third kappa shape index (κ3) is 271. The van der Waals surface area contributed by atoms with Crippen LogP contribution in [0.15, 0.2) is 0 Å². The molecule has 0 aliphatic rings. The van der Waals surface area contributed by atoms with Gasteiger partial charge in [0.1, 0.15) is 0 Å². The van der Waals surface area contributed by atoms with Gasteiger partial charge in [-0.1, -0.05) is 0 Å². The summed E-state index contributed by atoms with van der Waals surface area (Å²) >= 11 is 21.8. The van der Waals surface area contributed by atoms with Crippen molar-refractivity contribution >= 4 is 71.2 Å². The monoisotopic (exact) mass is 465 g/mol. The van der Waals surface area contributed by atoms with E-state index in [4.69, 9.17) is 28.0 Å². The van der Waals surface area contributed by atoms with Gasteiger partial charge in [0.15, 0.2) is 0 Å². The summed E-state index contributed by atoms with van der Waals surface area (Å²) in [5, 5.41) is 0. The van der Waals surface area contributed by atoms with E-state index in [0.717, 1.165) is 0 Å². The van der Waals surface area contributed by atoms with Crippen molar-refractivity contribution in [3.63, 3.8) is 0 Å². The molecule has 0 aliphatic heterocycles. The number of hydrogen-bond donors (Lipinski definition) is 6. The summed E-state index contributed by atoms with van der Waals surface area (Å²) in [5.41, 5.74) is 0. The van der Waals surface area contributed by atoms with Crippen molar-refractivity contribution in [1.82, 2.24) is 0 Å². The summed E-state index contributed by atoms with van der Waals surface area (Å²) < 4.78 is 38.8. The fraction of sp³-hybridized carbons (Fsp3) is 0. The largest absolute Gasteiger partial charge is 0.295 e. The van der Waals surface area contributed by atoms with Crippen LogP contribution in [0.4, 0.5) is 0 Å². The Labute approximate surface area is 146 Å². The van der Waals surface area contributed by atoms with Gasteiger partial charge in [0.2, 0.25) is 0 Å². The second-order valence-corrected chi connectivity index (χ2v) is 0. The second kappa shape index (κ2) is 315. The SMILES string of the molecule is OCl.OCl.OCl.OCl.OCl.OCl.[Eu]. The summed E-state index contributed by atoms with van der Waals surface area (Å²) in [6.07, 6.45) is 0. The van der Waals surface area contributed by atoms with Crippen molar-refractivity contribution in [2.75, 3.05) is 0 Å². The zero-order valence-electron chi connectivity index (χ0n) is 5.33. The fourth-order valence-electron chi connectivity index (χ4n) is 0. The molecule has 91 valence electrons. The minimum atomic E-state index is 0. The van der Waals surface area contributed by atoms with E-state index in [1.807, 2.05) is 0 Å². The molecule has 0 fully saturated rings. The summed E-state index contributed by atoms with van der Waals surface area (Å²) in [6.45, 7) is 0. The maximum Gasteiger partial charge on any atom is 0.0579 e. The number of rotatable bonds is 0. The molecule has 0 aromatic rings. The van der Waals surface area contributed by atoms with Crippen LogP contribution >= 0.6 is 71.2 Å². The molecule has 6 N–H and O–H groups in total. The van der Waals surface area contributed by atoms with Gasteiger partial charge < -0.3 is 0 Å². The molecule has 0 aliphatic carbocycles. The van der Waals surface area contributed by atoms with Crippen LogP contribution in [0.2, 0.25) is 0 Å². The smallest absolute Gasteiger partial charge is 0.0579 e. The van der Waals surface area contributed by atoms with Crippen LogP contribution in [-0.2, 0) is 0 Å². The van der Waals surface area contributed by atoms with Crippen LogP contribution in [0.25, 0.3) is 0 Å². The van der Waals surface area contributed by atoms with Crippen LogP contribution in [-0.4, -0.2) is 28.0 Å². The molecule has 0 rings (SSSR count). The standard InChI is InChI=1S/6ClHO.Eu/c6*1-2;/h6*2H;. The first-order valence-corrected chi connectivity index (χ1v) is 3.04. The molecule has 1 radical (unpaired) electrons. The van der Waals surface area contributed by atoms with Crippen LogP contribution < -0.4 is 0 Å².